The van der Waals surface area contributed by atoms with Crippen molar-refractivity contribution in [3.8, 4) is 0 Å². The zero-order chi connectivity index (χ0) is 14.7. The van der Waals surface area contributed by atoms with E-state index in [0.29, 0.717) is 17.6 Å². The van der Waals surface area contributed by atoms with Crippen LogP contribution in [0.1, 0.15) is 52.4 Å². The molecule has 112 valence electrons. The predicted molar refractivity (Wildman–Crippen MR) is 78.1 cm³/mol. The Morgan fingerprint density at radius 1 is 1.30 bits per heavy atom. The molecule has 20 heavy (non-hydrogen) atoms. The topological polar surface area (TPSA) is 43.4 Å². The van der Waals surface area contributed by atoms with E-state index in [-0.39, 0.29) is 17.8 Å². The van der Waals surface area contributed by atoms with E-state index in [0.717, 1.165) is 44.1 Å². The van der Waals surface area contributed by atoms with Crippen LogP contribution in [0.15, 0.2) is 11.6 Å². The zero-order valence-electron chi connectivity index (χ0n) is 12.9. The van der Waals surface area contributed by atoms with Crippen LogP contribution >= 0.6 is 0 Å². The van der Waals surface area contributed by atoms with Gasteiger partial charge in [0.05, 0.1) is 7.11 Å². The molecule has 0 aromatic heterocycles. The minimum atomic E-state index is -0.194. The Morgan fingerprint density at radius 3 is 2.60 bits per heavy atom. The minimum absolute atomic E-state index is 0.180. The Balaban J connectivity index is 2.16. The maximum atomic E-state index is 12.1. The maximum absolute atomic E-state index is 12.1. The molecule has 0 aromatic rings. The first-order valence-electron chi connectivity index (χ1n) is 7.88. The number of ether oxygens (including phenoxy) is 1. The third-order valence-corrected chi connectivity index (χ3v) is 5.13. The van der Waals surface area contributed by atoms with E-state index in [9.17, 15) is 9.59 Å². The zero-order valence-corrected chi connectivity index (χ0v) is 12.9. The molecular weight excluding hydrogens is 252 g/mol. The molecule has 2 aliphatic carbocycles. The van der Waals surface area contributed by atoms with E-state index in [2.05, 4.69) is 13.0 Å². The molecule has 0 N–H and O–H groups in total. The van der Waals surface area contributed by atoms with Gasteiger partial charge in [-0.15, -0.1) is 0 Å². The summed E-state index contributed by atoms with van der Waals surface area (Å²) in [6, 6.07) is 0. The lowest BCUT2D eigenvalue weighted by Gasteiger charge is -2.23. The van der Waals surface area contributed by atoms with Crippen LogP contribution in [0.2, 0.25) is 0 Å². The van der Waals surface area contributed by atoms with E-state index in [4.69, 9.17) is 4.74 Å². The van der Waals surface area contributed by atoms with Gasteiger partial charge in [0.25, 0.3) is 0 Å². The maximum Gasteiger partial charge on any atom is 0.333 e. The second-order valence-corrected chi connectivity index (χ2v) is 6.27. The molecule has 2 bridgehead atoms. The highest BCUT2D eigenvalue weighted by Crippen LogP contribution is 2.55. The first kappa shape index (κ1) is 15.3. The van der Waals surface area contributed by atoms with Crippen LogP contribution in [0.5, 0.6) is 0 Å². The molecule has 2 rings (SSSR count). The fraction of sp³-hybridized carbons (Fsp3) is 0.765. The van der Waals surface area contributed by atoms with Gasteiger partial charge >= 0.3 is 5.97 Å². The van der Waals surface area contributed by atoms with Gasteiger partial charge in [-0.2, -0.15) is 0 Å². The molecule has 2 fully saturated rings. The number of allylic oxidation sites excluding steroid dienone is 1. The number of carbonyl (C=O) groups is 2. The smallest absolute Gasteiger partial charge is 0.333 e. The molecule has 0 radical (unpaired) electrons. The van der Waals surface area contributed by atoms with E-state index in [1.807, 2.05) is 0 Å². The van der Waals surface area contributed by atoms with Gasteiger partial charge in [-0.1, -0.05) is 25.8 Å². The minimum Gasteiger partial charge on any atom is -0.466 e. The summed E-state index contributed by atoms with van der Waals surface area (Å²) < 4.78 is 4.97. The van der Waals surface area contributed by atoms with Gasteiger partial charge in [0.15, 0.2) is 0 Å². The first-order valence-corrected chi connectivity index (χ1v) is 7.88. The number of Topliss-reactive ketones (excluding diaryl/α,β-unsaturated/α-hetero) is 1. The Morgan fingerprint density at radius 2 is 2.05 bits per heavy atom. The van der Waals surface area contributed by atoms with Crippen molar-refractivity contribution in [3.05, 3.63) is 11.6 Å². The number of esters is 1. The average molecular weight is 278 g/mol. The summed E-state index contributed by atoms with van der Waals surface area (Å²) in [5.74, 6) is 1.39. The van der Waals surface area contributed by atoms with Crippen molar-refractivity contribution in [2.45, 2.75) is 52.4 Å². The number of carbonyl (C=O) groups excluding carboxylic acids is 2. The highest BCUT2D eigenvalue weighted by molar-refractivity contribution is 5.89. The van der Waals surface area contributed by atoms with Gasteiger partial charge in [0.1, 0.15) is 5.78 Å². The van der Waals surface area contributed by atoms with E-state index >= 15 is 0 Å². The summed E-state index contributed by atoms with van der Waals surface area (Å²) in [5, 5.41) is 0. The lowest BCUT2D eigenvalue weighted by Crippen LogP contribution is -2.23. The quantitative estimate of drug-likeness (QED) is 0.424. The van der Waals surface area contributed by atoms with E-state index in [1.54, 1.807) is 6.92 Å². The molecule has 0 unspecified atom stereocenters. The van der Waals surface area contributed by atoms with Gasteiger partial charge in [-0.25, -0.2) is 4.79 Å². The summed E-state index contributed by atoms with van der Waals surface area (Å²) in [7, 11) is 1.45. The second-order valence-electron chi connectivity index (χ2n) is 6.27. The fourth-order valence-corrected chi connectivity index (χ4v) is 4.29. The summed E-state index contributed by atoms with van der Waals surface area (Å²) in [5.41, 5.74) is 0.833. The molecule has 0 aromatic carbocycles. The third-order valence-electron chi connectivity index (χ3n) is 5.13. The van der Waals surface area contributed by atoms with Crippen LogP contribution in [0.4, 0.5) is 0 Å². The van der Waals surface area contributed by atoms with Gasteiger partial charge in [0, 0.05) is 11.5 Å². The van der Waals surface area contributed by atoms with Crippen LogP contribution in [0, 0.1) is 23.7 Å². The highest BCUT2D eigenvalue weighted by Gasteiger charge is 2.51. The second kappa shape index (κ2) is 6.55. The van der Waals surface area contributed by atoms with Crippen LogP contribution in [-0.4, -0.2) is 18.9 Å². The van der Waals surface area contributed by atoms with Crippen molar-refractivity contribution in [2.24, 2.45) is 23.7 Å². The van der Waals surface area contributed by atoms with E-state index in [1.165, 1.54) is 7.11 Å². The lowest BCUT2D eigenvalue weighted by atomic mass is 9.81. The Bertz CT molecular complexity index is 410. The van der Waals surface area contributed by atoms with Crippen molar-refractivity contribution in [3.63, 3.8) is 0 Å². The molecule has 2 saturated carbocycles. The van der Waals surface area contributed by atoms with Crippen molar-refractivity contribution in [2.75, 3.05) is 7.11 Å². The fourth-order valence-electron chi connectivity index (χ4n) is 4.29. The molecule has 3 nitrogen and oxygen atoms in total. The molecule has 3 heteroatoms. The largest absolute Gasteiger partial charge is 0.466 e. The summed E-state index contributed by atoms with van der Waals surface area (Å²) >= 11 is 0. The number of methoxy groups -OCH3 is 1. The molecule has 0 amide bonds. The number of hydrogen-bond donors (Lipinski definition) is 0. The molecule has 2 aliphatic rings. The first-order chi connectivity index (χ1) is 9.60. The standard InChI is InChI=1S/C17H26O3/c1-4-5-6-7-14(17(19)20-3)15-10-12-8-9-13(15)16(12)11(2)18/h7,12-13,15-16H,4-6,8-10H2,1-3H3/t12-,13+,15+,16-/m1/s1. The number of unbranched alkanes of at least 4 members (excludes halogenated alkanes) is 2. The SMILES string of the molecule is CCCCC=C(C(=O)OC)[C@H]1C[C@H]2CC[C@@H]1[C@@H]2C(C)=O. The average Bonchev–Trinajstić information content (AvgIpc) is 3.00. The van der Waals surface area contributed by atoms with Crippen molar-refractivity contribution in [1.29, 1.82) is 0 Å². The number of fused-ring (bicyclic) bond motifs is 2. The summed E-state index contributed by atoms with van der Waals surface area (Å²) in [6.45, 7) is 3.85. The van der Waals surface area contributed by atoms with Crippen molar-refractivity contribution in [1.82, 2.24) is 0 Å². The van der Waals surface area contributed by atoms with Gasteiger partial charge in [-0.3, -0.25) is 4.79 Å². The molecule has 0 heterocycles. The molecule has 0 saturated heterocycles. The van der Waals surface area contributed by atoms with Crippen LogP contribution in [0.25, 0.3) is 0 Å². The molecular formula is C17H26O3. The number of hydrogen-bond acceptors (Lipinski definition) is 3. The van der Waals surface area contributed by atoms with Crippen LogP contribution in [-0.2, 0) is 14.3 Å². The number of ketones is 1. The van der Waals surface area contributed by atoms with Crippen LogP contribution in [0.3, 0.4) is 0 Å². The number of rotatable bonds is 6. The van der Waals surface area contributed by atoms with Gasteiger partial charge in [-0.05, 0) is 50.4 Å². The van der Waals surface area contributed by atoms with Gasteiger partial charge in [0.2, 0.25) is 0 Å². The molecule has 4 atom stereocenters. The van der Waals surface area contributed by atoms with Crippen molar-refractivity contribution >= 4 is 11.8 Å². The van der Waals surface area contributed by atoms with E-state index < -0.39 is 0 Å². The molecule has 0 spiro atoms. The van der Waals surface area contributed by atoms with Crippen LogP contribution < -0.4 is 0 Å². The monoisotopic (exact) mass is 278 g/mol. The highest BCUT2D eigenvalue weighted by atomic mass is 16.5. The Labute approximate surface area is 121 Å². The summed E-state index contributed by atoms with van der Waals surface area (Å²) in [6.07, 6.45) is 8.44. The molecule has 0 aliphatic heterocycles. The van der Waals surface area contributed by atoms with Crippen molar-refractivity contribution < 1.29 is 14.3 Å². The predicted octanol–water partition coefficient (Wildman–Crippen LogP) is 3.53. The normalized spacial score (nSPS) is 32.5. The third kappa shape index (κ3) is 2.82. The Kier molecular flexibility index (Phi) is 5.00. The Hall–Kier alpha value is -1.12. The lowest BCUT2D eigenvalue weighted by molar-refractivity contribution is -0.137. The summed E-state index contributed by atoms with van der Waals surface area (Å²) in [4.78, 5) is 23.9. The van der Waals surface area contributed by atoms with Gasteiger partial charge < -0.3 is 4.74 Å².